The summed E-state index contributed by atoms with van der Waals surface area (Å²) in [7, 11) is 0. The van der Waals surface area contributed by atoms with E-state index in [4.69, 9.17) is 10.5 Å². The van der Waals surface area contributed by atoms with Crippen molar-refractivity contribution in [2.45, 2.75) is 33.3 Å². The van der Waals surface area contributed by atoms with E-state index in [1.165, 1.54) is 16.7 Å². The van der Waals surface area contributed by atoms with Crippen LogP contribution >= 0.6 is 0 Å². The van der Waals surface area contributed by atoms with Gasteiger partial charge in [-0.3, -0.25) is 4.79 Å². The third-order valence-corrected chi connectivity index (χ3v) is 3.68. The minimum absolute atomic E-state index is 0.131. The van der Waals surface area contributed by atoms with Crippen LogP contribution in [0.4, 0.5) is 0 Å². The molecule has 0 bridgehead atoms. The van der Waals surface area contributed by atoms with Crippen LogP contribution in [0, 0.1) is 13.8 Å². The van der Waals surface area contributed by atoms with Crippen molar-refractivity contribution in [2.24, 2.45) is 5.73 Å². The molecule has 0 aliphatic carbocycles. The van der Waals surface area contributed by atoms with Gasteiger partial charge < -0.3 is 10.5 Å². The fraction of sp³-hybridized carbons (Fsp3) is 0.316. The number of hydrogen-bond acceptors (Lipinski definition) is 3. The number of ether oxygens (including phenoxy) is 1. The Morgan fingerprint density at radius 2 is 1.82 bits per heavy atom. The van der Waals surface area contributed by atoms with Crippen molar-refractivity contribution >= 4 is 5.78 Å². The molecule has 0 radical (unpaired) electrons. The van der Waals surface area contributed by atoms with E-state index in [9.17, 15) is 4.79 Å². The molecule has 0 aliphatic rings. The summed E-state index contributed by atoms with van der Waals surface area (Å²) in [5.41, 5.74) is 9.77. The van der Waals surface area contributed by atoms with Crippen molar-refractivity contribution in [2.75, 3.05) is 6.54 Å². The first-order chi connectivity index (χ1) is 10.6. The molecule has 22 heavy (non-hydrogen) atoms. The van der Waals surface area contributed by atoms with E-state index in [-0.39, 0.29) is 5.78 Å². The molecule has 3 heteroatoms. The maximum absolute atomic E-state index is 11.9. The van der Waals surface area contributed by atoms with Crippen molar-refractivity contribution in [3.63, 3.8) is 0 Å². The van der Waals surface area contributed by atoms with Crippen molar-refractivity contribution in [1.29, 1.82) is 0 Å². The number of carbonyl (C=O) groups is 1. The van der Waals surface area contributed by atoms with Gasteiger partial charge in [0.25, 0.3) is 0 Å². The summed E-state index contributed by atoms with van der Waals surface area (Å²) in [5.74, 6) is 0.905. The number of nitrogens with two attached hydrogens (primary N) is 1. The van der Waals surface area contributed by atoms with Gasteiger partial charge in [0.1, 0.15) is 12.4 Å². The highest BCUT2D eigenvalue weighted by molar-refractivity contribution is 5.96. The Labute approximate surface area is 132 Å². The average molecular weight is 297 g/mol. The van der Waals surface area contributed by atoms with Crippen LogP contribution in [0.2, 0.25) is 0 Å². The molecule has 0 spiro atoms. The van der Waals surface area contributed by atoms with Crippen LogP contribution < -0.4 is 10.5 Å². The molecule has 2 rings (SSSR count). The summed E-state index contributed by atoms with van der Waals surface area (Å²) in [6.07, 6.45) is 1.23. The summed E-state index contributed by atoms with van der Waals surface area (Å²) in [4.78, 5) is 11.9. The lowest BCUT2D eigenvalue weighted by molar-refractivity contribution is 0.0980. The lowest BCUT2D eigenvalue weighted by Gasteiger charge is -2.10. The lowest BCUT2D eigenvalue weighted by Crippen LogP contribution is -2.05. The number of benzene rings is 2. The van der Waals surface area contributed by atoms with Gasteiger partial charge in [-0.2, -0.15) is 0 Å². The number of hydrogen-bond donors (Lipinski definition) is 1. The Hall–Kier alpha value is -2.13. The minimum Gasteiger partial charge on any atom is -0.489 e. The summed E-state index contributed by atoms with van der Waals surface area (Å²) >= 11 is 0. The van der Waals surface area contributed by atoms with Crippen LogP contribution in [0.25, 0.3) is 0 Å². The maximum Gasteiger partial charge on any atom is 0.162 e. The highest BCUT2D eigenvalue weighted by Gasteiger charge is 2.06. The van der Waals surface area contributed by atoms with Crippen LogP contribution in [0.5, 0.6) is 5.75 Å². The molecule has 0 atom stereocenters. The molecule has 3 nitrogen and oxygen atoms in total. The molecule has 2 aromatic carbocycles. The zero-order valence-corrected chi connectivity index (χ0v) is 13.3. The minimum atomic E-state index is 0.131. The van der Waals surface area contributed by atoms with Gasteiger partial charge in [-0.25, -0.2) is 0 Å². The van der Waals surface area contributed by atoms with Gasteiger partial charge in [-0.05, 0) is 62.2 Å². The Morgan fingerprint density at radius 1 is 1.09 bits per heavy atom. The first kappa shape index (κ1) is 16.2. The number of carbonyl (C=O) groups excluding carboxylic acids is 1. The second-order valence-corrected chi connectivity index (χ2v) is 5.56. The van der Waals surface area contributed by atoms with E-state index in [0.717, 1.165) is 12.2 Å². The van der Waals surface area contributed by atoms with E-state index in [0.29, 0.717) is 25.1 Å². The molecule has 2 N–H and O–H groups in total. The maximum atomic E-state index is 11.9. The van der Waals surface area contributed by atoms with Gasteiger partial charge in [-0.15, -0.1) is 0 Å². The van der Waals surface area contributed by atoms with Gasteiger partial charge in [0.15, 0.2) is 5.78 Å². The summed E-state index contributed by atoms with van der Waals surface area (Å²) in [6, 6.07) is 13.7. The van der Waals surface area contributed by atoms with E-state index in [1.807, 2.05) is 24.3 Å². The molecule has 0 fully saturated rings. The fourth-order valence-corrected chi connectivity index (χ4v) is 2.26. The molecule has 0 heterocycles. The predicted octanol–water partition coefficient (Wildman–Crippen LogP) is 3.80. The topological polar surface area (TPSA) is 52.3 Å². The summed E-state index contributed by atoms with van der Waals surface area (Å²) in [5, 5.41) is 0. The lowest BCUT2D eigenvalue weighted by atomic mass is 10.1. The molecular weight excluding hydrogens is 274 g/mol. The predicted molar refractivity (Wildman–Crippen MR) is 89.3 cm³/mol. The molecular formula is C19H23NO2. The van der Waals surface area contributed by atoms with E-state index < -0.39 is 0 Å². The largest absolute Gasteiger partial charge is 0.489 e. The molecule has 0 aliphatic heterocycles. The van der Waals surface area contributed by atoms with E-state index in [1.54, 1.807) is 0 Å². The molecule has 0 amide bonds. The number of Topliss-reactive ketones (excluding diaryl/α,β-unsaturated/α-hetero) is 1. The first-order valence-electron chi connectivity index (χ1n) is 7.62. The van der Waals surface area contributed by atoms with Crippen LogP contribution in [-0.2, 0) is 6.61 Å². The van der Waals surface area contributed by atoms with Gasteiger partial charge in [-0.1, -0.05) is 23.8 Å². The van der Waals surface area contributed by atoms with Crippen molar-refractivity contribution in [1.82, 2.24) is 0 Å². The first-order valence-corrected chi connectivity index (χ1v) is 7.62. The van der Waals surface area contributed by atoms with Crippen LogP contribution in [0.1, 0.15) is 39.9 Å². The second-order valence-electron chi connectivity index (χ2n) is 5.56. The third-order valence-electron chi connectivity index (χ3n) is 3.68. The van der Waals surface area contributed by atoms with Crippen molar-refractivity contribution in [3.8, 4) is 5.75 Å². The summed E-state index contributed by atoms with van der Waals surface area (Å²) in [6.45, 7) is 5.23. The molecule has 0 saturated carbocycles. The molecule has 0 aromatic heterocycles. The number of rotatable bonds is 7. The monoisotopic (exact) mass is 297 g/mol. The van der Waals surface area contributed by atoms with Crippen molar-refractivity contribution < 1.29 is 9.53 Å². The van der Waals surface area contributed by atoms with Crippen LogP contribution in [0.3, 0.4) is 0 Å². The highest BCUT2D eigenvalue weighted by Crippen LogP contribution is 2.17. The van der Waals surface area contributed by atoms with Gasteiger partial charge in [0, 0.05) is 12.0 Å². The van der Waals surface area contributed by atoms with Gasteiger partial charge in [0.05, 0.1) is 0 Å². The second kappa shape index (κ2) is 7.76. The van der Waals surface area contributed by atoms with Crippen LogP contribution in [0.15, 0.2) is 42.5 Å². The molecule has 0 saturated heterocycles. The molecule has 0 unspecified atom stereocenters. The standard InChI is InChI=1S/C19H23NO2/c1-14-5-6-15(2)17(12-14)13-22-18-9-7-16(8-10-18)19(21)4-3-11-20/h5-10,12H,3-4,11,13,20H2,1-2H3. The zero-order chi connectivity index (χ0) is 15.9. The average Bonchev–Trinajstić information content (AvgIpc) is 2.54. The smallest absolute Gasteiger partial charge is 0.162 e. The Bertz CT molecular complexity index is 632. The SMILES string of the molecule is Cc1ccc(C)c(COc2ccc(C(=O)CCCN)cc2)c1. The number of ketones is 1. The third kappa shape index (κ3) is 4.43. The quantitative estimate of drug-likeness (QED) is 0.791. The Kier molecular flexibility index (Phi) is 5.73. The van der Waals surface area contributed by atoms with Crippen LogP contribution in [-0.4, -0.2) is 12.3 Å². The Balaban J connectivity index is 1.96. The molecule has 2 aromatic rings. The van der Waals surface area contributed by atoms with Crippen molar-refractivity contribution in [3.05, 3.63) is 64.7 Å². The molecule has 116 valence electrons. The van der Waals surface area contributed by atoms with Gasteiger partial charge in [0.2, 0.25) is 0 Å². The van der Waals surface area contributed by atoms with Gasteiger partial charge >= 0.3 is 0 Å². The normalized spacial score (nSPS) is 10.5. The highest BCUT2D eigenvalue weighted by atomic mass is 16.5. The number of aryl methyl sites for hydroxylation is 2. The van der Waals surface area contributed by atoms with E-state index in [2.05, 4.69) is 32.0 Å². The fourth-order valence-electron chi connectivity index (χ4n) is 2.26. The zero-order valence-electron chi connectivity index (χ0n) is 13.3. The Morgan fingerprint density at radius 3 is 2.50 bits per heavy atom. The summed E-state index contributed by atoms with van der Waals surface area (Å²) < 4.78 is 5.81. The van der Waals surface area contributed by atoms with E-state index >= 15 is 0 Å².